The molecule has 0 atom stereocenters. The second kappa shape index (κ2) is 6.88. The number of rotatable bonds is 5. The molecular formula is C11H20N2O4. The van der Waals surface area contributed by atoms with Crippen molar-refractivity contribution >= 4 is 17.9 Å². The molecule has 0 aromatic carbocycles. The van der Waals surface area contributed by atoms with Crippen molar-refractivity contribution in [3.63, 3.8) is 0 Å². The molecule has 0 aliphatic heterocycles. The quantitative estimate of drug-likeness (QED) is 0.675. The molecule has 0 aliphatic rings. The highest BCUT2D eigenvalue weighted by molar-refractivity contribution is 5.95. The van der Waals surface area contributed by atoms with Gasteiger partial charge in [0.05, 0.1) is 6.42 Å². The third-order valence-corrected chi connectivity index (χ3v) is 1.98. The van der Waals surface area contributed by atoms with Crippen LogP contribution >= 0.6 is 0 Å². The minimum absolute atomic E-state index is 0.112. The summed E-state index contributed by atoms with van der Waals surface area (Å²) in [6.07, 6.45) is 0.326. The summed E-state index contributed by atoms with van der Waals surface area (Å²) in [5, 5.41) is 13.0. The standard InChI is InChI=1S/C11H20N2O4/c1-11(2,3)6-7-12-10(17)13-8(14)4-5-9(15)16/h4-7H2,1-3H3,(H,15,16)(H2,12,13,14,17). The van der Waals surface area contributed by atoms with Gasteiger partial charge < -0.3 is 10.4 Å². The topological polar surface area (TPSA) is 95.5 Å². The molecule has 0 aromatic heterocycles. The Morgan fingerprint density at radius 2 is 1.71 bits per heavy atom. The van der Waals surface area contributed by atoms with Crippen molar-refractivity contribution in [2.75, 3.05) is 6.54 Å². The van der Waals surface area contributed by atoms with Gasteiger partial charge in [-0.15, -0.1) is 0 Å². The van der Waals surface area contributed by atoms with Crippen LogP contribution in [0.1, 0.15) is 40.0 Å². The maximum absolute atomic E-state index is 11.2. The largest absolute Gasteiger partial charge is 0.481 e. The number of carboxylic acids is 1. The zero-order valence-corrected chi connectivity index (χ0v) is 10.5. The fraction of sp³-hybridized carbons (Fsp3) is 0.727. The van der Waals surface area contributed by atoms with Gasteiger partial charge in [0.15, 0.2) is 0 Å². The Kier molecular flexibility index (Phi) is 6.23. The number of hydrogen-bond acceptors (Lipinski definition) is 3. The summed E-state index contributed by atoms with van der Waals surface area (Å²) in [5.41, 5.74) is 0.112. The Hall–Kier alpha value is -1.59. The molecule has 0 aliphatic carbocycles. The van der Waals surface area contributed by atoms with Crippen LogP contribution in [0, 0.1) is 5.41 Å². The average Bonchev–Trinajstić information content (AvgIpc) is 2.12. The summed E-state index contributed by atoms with van der Waals surface area (Å²) in [6.45, 7) is 6.61. The van der Waals surface area contributed by atoms with Crippen LogP contribution in [0.25, 0.3) is 0 Å². The lowest BCUT2D eigenvalue weighted by molar-refractivity contribution is -0.138. The Balaban J connectivity index is 3.72. The number of hydrogen-bond donors (Lipinski definition) is 3. The lowest BCUT2D eigenvalue weighted by Gasteiger charge is -2.17. The molecule has 0 rings (SSSR count). The highest BCUT2D eigenvalue weighted by Crippen LogP contribution is 2.16. The third kappa shape index (κ3) is 10.7. The molecular weight excluding hydrogens is 224 g/mol. The van der Waals surface area contributed by atoms with Crippen LogP contribution in [0.3, 0.4) is 0 Å². The number of aliphatic carboxylic acids is 1. The van der Waals surface area contributed by atoms with E-state index in [1.165, 1.54) is 0 Å². The van der Waals surface area contributed by atoms with E-state index >= 15 is 0 Å². The van der Waals surface area contributed by atoms with Crippen molar-refractivity contribution in [2.24, 2.45) is 5.41 Å². The normalized spacial score (nSPS) is 10.8. The fourth-order valence-corrected chi connectivity index (χ4v) is 1.00. The monoisotopic (exact) mass is 244 g/mol. The van der Waals surface area contributed by atoms with Gasteiger partial charge in [-0.25, -0.2) is 4.79 Å². The van der Waals surface area contributed by atoms with Crippen molar-refractivity contribution in [3.8, 4) is 0 Å². The number of carbonyl (C=O) groups excluding carboxylic acids is 2. The van der Waals surface area contributed by atoms with Gasteiger partial charge >= 0.3 is 12.0 Å². The number of carbonyl (C=O) groups is 3. The van der Waals surface area contributed by atoms with E-state index in [0.29, 0.717) is 6.54 Å². The van der Waals surface area contributed by atoms with Gasteiger partial charge in [0.2, 0.25) is 5.91 Å². The third-order valence-electron chi connectivity index (χ3n) is 1.98. The molecule has 98 valence electrons. The highest BCUT2D eigenvalue weighted by Gasteiger charge is 2.12. The van der Waals surface area contributed by atoms with Gasteiger partial charge in [0.25, 0.3) is 0 Å². The molecule has 6 heteroatoms. The highest BCUT2D eigenvalue weighted by atomic mass is 16.4. The van der Waals surface area contributed by atoms with E-state index in [9.17, 15) is 14.4 Å². The van der Waals surface area contributed by atoms with Crippen molar-refractivity contribution in [3.05, 3.63) is 0 Å². The van der Waals surface area contributed by atoms with E-state index in [0.717, 1.165) is 6.42 Å². The second-order valence-electron chi connectivity index (χ2n) is 5.01. The summed E-state index contributed by atoms with van der Waals surface area (Å²) in [5.74, 6) is -1.64. The van der Waals surface area contributed by atoms with Crippen LogP contribution in [0.15, 0.2) is 0 Å². The Morgan fingerprint density at radius 3 is 2.18 bits per heavy atom. The van der Waals surface area contributed by atoms with E-state index in [1.807, 2.05) is 20.8 Å². The van der Waals surface area contributed by atoms with Crippen LogP contribution in [0.2, 0.25) is 0 Å². The van der Waals surface area contributed by atoms with Gasteiger partial charge in [-0.3, -0.25) is 14.9 Å². The molecule has 3 N–H and O–H groups in total. The minimum Gasteiger partial charge on any atom is -0.481 e. The zero-order chi connectivity index (χ0) is 13.5. The van der Waals surface area contributed by atoms with Crippen molar-refractivity contribution in [1.29, 1.82) is 0 Å². The summed E-state index contributed by atoms with van der Waals surface area (Å²) >= 11 is 0. The minimum atomic E-state index is -1.06. The molecule has 0 aromatic rings. The van der Waals surface area contributed by atoms with Crippen LogP contribution in [-0.2, 0) is 9.59 Å². The summed E-state index contributed by atoms with van der Waals surface area (Å²) in [6, 6.07) is -0.579. The fourth-order valence-electron chi connectivity index (χ4n) is 1.00. The number of nitrogens with one attached hydrogen (secondary N) is 2. The van der Waals surface area contributed by atoms with Gasteiger partial charge in [-0.2, -0.15) is 0 Å². The van der Waals surface area contributed by atoms with Crippen molar-refractivity contribution in [2.45, 2.75) is 40.0 Å². The molecule has 0 saturated carbocycles. The van der Waals surface area contributed by atoms with Crippen LogP contribution in [-0.4, -0.2) is 29.6 Å². The predicted molar refractivity (Wildman–Crippen MR) is 62.5 cm³/mol. The SMILES string of the molecule is CC(C)(C)CCNC(=O)NC(=O)CCC(=O)O. The number of amides is 3. The summed E-state index contributed by atoms with van der Waals surface area (Å²) < 4.78 is 0. The first-order chi connectivity index (χ1) is 7.70. The molecule has 0 spiro atoms. The summed E-state index contributed by atoms with van der Waals surface area (Å²) in [4.78, 5) is 32.5. The van der Waals surface area contributed by atoms with Gasteiger partial charge in [0.1, 0.15) is 0 Å². The average molecular weight is 244 g/mol. The van der Waals surface area contributed by atoms with E-state index < -0.39 is 17.9 Å². The van der Waals surface area contributed by atoms with Crippen LogP contribution in [0.5, 0.6) is 0 Å². The molecule has 0 radical (unpaired) electrons. The lowest BCUT2D eigenvalue weighted by atomic mass is 9.92. The molecule has 0 saturated heterocycles. The maximum atomic E-state index is 11.2. The van der Waals surface area contributed by atoms with Gasteiger partial charge in [-0.05, 0) is 11.8 Å². The van der Waals surface area contributed by atoms with Crippen molar-refractivity contribution in [1.82, 2.24) is 10.6 Å². The first-order valence-electron chi connectivity index (χ1n) is 5.50. The number of carboxylic acid groups (broad SMARTS) is 1. The Bertz CT molecular complexity index is 294. The van der Waals surface area contributed by atoms with E-state index in [-0.39, 0.29) is 18.3 Å². The van der Waals surface area contributed by atoms with Crippen molar-refractivity contribution < 1.29 is 19.5 Å². The van der Waals surface area contributed by atoms with E-state index in [2.05, 4.69) is 10.6 Å². The van der Waals surface area contributed by atoms with Crippen LogP contribution in [0.4, 0.5) is 4.79 Å². The molecule has 0 heterocycles. The zero-order valence-electron chi connectivity index (χ0n) is 10.5. The molecule has 6 nitrogen and oxygen atoms in total. The van der Waals surface area contributed by atoms with Gasteiger partial charge in [0, 0.05) is 13.0 Å². The number of urea groups is 1. The second-order valence-corrected chi connectivity index (χ2v) is 5.01. The van der Waals surface area contributed by atoms with E-state index in [4.69, 9.17) is 5.11 Å². The molecule has 0 fully saturated rings. The Morgan fingerprint density at radius 1 is 1.12 bits per heavy atom. The first kappa shape index (κ1) is 15.4. The molecule has 17 heavy (non-hydrogen) atoms. The molecule has 0 unspecified atom stereocenters. The van der Waals surface area contributed by atoms with Gasteiger partial charge in [-0.1, -0.05) is 20.8 Å². The summed E-state index contributed by atoms with van der Waals surface area (Å²) in [7, 11) is 0. The van der Waals surface area contributed by atoms with E-state index in [1.54, 1.807) is 0 Å². The lowest BCUT2D eigenvalue weighted by Crippen LogP contribution is -2.40. The first-order valence-corrected chi connectivity index (χ1v) is 5.50. The maximum Gasteiger partial charge on any atom is 0.321 e. The number of imide groups is 1. The van der Waals surface area contributed by atoms with Crippen LogP contribution < -0.4 is 10.6 Å². The Labute approximate surface area is 101 Å². The smallest absolute Gasteiger partial charge is 0.321 e. The molecule has 3 amide bonds. The predicted octanol–water partition coefficient (Wildman–Crippen LogP) is 1.11. The molecule has 0 bridgehead atoms.